The van der Waals surface area contributed by atoms with Crippen LogP contribution in [0.4, 0.5) is 17.6 Å². The molecule has 2 N–H and O–H groups in total. The van der Waals surface area contributed by atoms with Crippen LogP contribution in [0.15, 0.2) is 36.7 Å². The molecule has 0 amide bonds. The minimum absolute atomic E-state index is 0.400. The third kappa shape index (κ3) is 2.96. The summed E-state index contributed by atoms with van der Waals surface area (Å²) in [4.78, 5) is 3.68. The van der Waals surface area contributed by atoms with Crippen molar-refractivity contribution in [3.63, 3.8) is 0 Å². The first kappa shape index (κ1) is 14.5. The van der Waals surface area contributed by atoms with Crippen molar-refractivity contribution in [2.45, 2.75) is 19.1 Å². The number of aromatic nitrogens is 1. The van der Waals surface area contributed by atoms with Gasteiger partial charge in [0.1, 0.15) is 5.82 Å². The SMILES string of the molecule is Cc1cc(C(F)(F)F)ccc1C(N)c1cncc(F)c1. The molecule has 1 heterocycles. The lowest BCUT2D eigenvalue weighted by molar-refractivity contribution is -0.137. The summed E-state index contributed by atoms with van der Waals surface area (Å²) >= 11 is 0. The second-order valence-corrected chi connectivity index (χ2v) is 4.48. The Morgan fingerprint density at radius 2 is 1.85 bits per heavy atom. The molecule has 1 aromatic carbocycles. The van der Waals surface area contributed by atoms with Gasteiger partial charge in [0.15, 0.2) is 0 Å². The van der Waals surface area contributed by atoms with E-state index in [2.05, 4.69) is 4.98 Å². The molecule has 2 rings (SSSR count). The van der Waals surface area contributed by atoms with Crippen molar-refractivity contribution >= 4 is 0 Å². The smallest absolute Gasteiger partial charge is 0.320 e. The van der Waals surface area contributed by atoms with Gasteiger partial charge in [0.25, 0.3) is 0 Å². The summed E-state index contributed by atoms with van der Waals surface area (Å²) in [5.41, 5.74) is 6.54. The van der Waals surface area contributed by atoms with Crippen LogP contribution in [0.2, 0.25) is 0 Å². The van der Waals surface area contributed by atoms with Crippen molar-refractivity contribution in [3.05, 3.63) is 64.7 Å². The molecule has 6 heteroatoms. The number of pyridine rings is 1. The largest absolute Gasteiger partial charge is 0.416 e. The van der Waals surface area contributed by atoms with Crippen molar-refractivity contribution in [1.29, 1.82) is 0 Å². The van der Waals surface area contributed by atoms with Crippen LogP contribution in [0.1, 0.15) is 28.3 Å². The molecule has 0 saturated heterocycles. The topological polar surface area (TPSA) is 38.9 Å². The third-order valence-corrected chi connectivity index (χ3v) is 3.02. The predicted octanol–water partition coefficient (Wildman–Crippen LogP) is 3.60. The molecule has 1 aromatic heterocycles. The summed E-state index contributed by atoms with van der Waals surface area (Å²) in [5.74, 6) is -0.539. The van der Waals surface area contributed by atoms with E-state index in [4.69, 9.17) is 5.73 Å². The van der Waals surface area contributed by atoms with E-state index in [1.54, 1.807) is 0 Å². The summed E-state index contributed by atoms with van der Waals surface area (Å²) in [7, 11) is 0. The summed E-state index contributed by atoms with van der Waals surface area (Å²) in [5, 5.41) is 0. The maximum Gasteiger partial charge on any atom is 0.416 e. The highest BCUT2D eigenvalue weighted by Crippen LogP contribution is 2.32. The van der Waals surface area contributed by atoms with Crippen LogP contribution < -0.4 is 5.73 Å². The molecule has 0 bridgehead atoms. The Balaban J connectivity index is 2.38. The highest BCUT2D eigenvalue weighted by Gasteiger charge is 2.31. The van der Waals surface area contributed by atoms with Gasteiger partial charge in [-0.05, 0) is 41.8 Å². The number of halogens is 4. The van der Waals surface area contributed by atoms with Gasteiger partial charge in [-0.15, -0.1) is 0 Å². The second kappa shape index (κ2) is 5.20. The Morgan fingerprint density at radius 3 is 2.40 bits per heavy atom. The lowest BCUT2D eigenvalue weighted by Gasteiger charge is -2.17. The van der Waals surface area contributed by atoms with Crippen LogP contribution in [-0.2, 0) is 6.18 Å². The maximum atomic E-state index is 13.1. The lowest BCUT2D eigenvalue weighted by atomic mass is 9.95. The van der Waals surface area contributed by atoms with Crippen LogP contribution in [0, 0.1) is 12.7 Å². The number of rotatable bonds is 2. The third-order valence-electron chi connectivity index (χ3n) is 3.02. The molecule has 2 aromatic rings. The molecule has 0 fully saturated rings. The average molecular weight is 284 g/mol. The first-order chi connectivity index (χ1) is 9.29. The highest BCUT2D eigenvalue weighted by molar-refractivity contribution is 5.38. The first-order valence-electron chi connectivity index (χ1n) is 5.83. The van der Waals surface area contributed by atoms with Gasteiger partial charge in [-0.1, -0.05) is 6.07 Å². The number of hydrogen-bond acceptors (Lipinski definition) is 2. The van der Waals surface area contributed by atoms with Crippen molar-refractivity contribution in [1.82, 2.24) is 4.98 Å². The number of hydrogen-bond donors (Lipinski definition) is 1. The predicted molar refractivity (Wildman–Crippen MR) is 66.4 cm³/mol. The van der Waals surface area contributed by atoms with Gasteiger partial charge in [-0.3, -0.25) is 4.98 Å². The molecule has 0 aliphatic heterocycles. The summed E-state index contributed by atoms with van der Waals surface area (Å²) < 4.78 is 50.9. The fraction of sp³-hybridized carbons (Fsp3) is 0.214. The van der Waals surface area contributed by atoms with Crippen LogP contribution in [0.5, 0.6) is 0 Å². The van der Waals surface area contributed by atoms with Gasteiger partial charge in [-0.25, -0.2) is 4.39 Å². The Labute approximate surface area is 113 Å². The zero-order chi connectivity index (χ0) is 14.9. The van der Waals surface area contributed by atoms with Crippen molar-refractivity contribution in [2.24, 2.45) is 5.73 Å². The first-order valence-corrected chi connectivity index (χ1v) is 5.83. The molecule has 106 valence electrons. The fourth-order valence-electron chi connectivity index (χ4n) is 1.98. The number of aryl methyl sites for hydroxylation is 1. The van der Waals surface area contributed by atoms with Gasteiger partial charge < -0.3 is 5.73 Å². The molecule has 0 aliphatic rings. The molecule has 0 radical (unpaired) electrons. The van der Waals surface area contributed by atoms with Gasteiger partial charge in [0.2, 0.25) is 0 Å². The van der Waals surface area contributed by atoms with Crippen LogP contribution in [0.25, 0.3) is 0 Å². The van der Waals surface area contributed by atoms with Crippen LogP contribution >= 0.6 is 0 Å². The zero-order valence-electron chi connectivity index (χ0n) is 10.6. The van der Waals surface area contributed by atoms with Gasteiger partial charge >= 0.3 is 6.18 Å². The number of nitrogens with two attached hydrogens (primary N) is 1. The molecule has 0 spiro atoms. The quantitative estimate of drug-likeness (QED) is 0.856. The summed E-state index contributed by atoms with van der Waals surface area (Å²) in [6.45, 7) is 1.54. The van der Waals surface area contributed by atoms with Gasteiger partial charge in [-0.2, -0.15) is 13.2 Å². The van der Waals surface area contributed by atoms with Crippen molar-refractivity contribution < 1.29 is 17.6 Å². The number of benzene rings is 1. The molecular formula is C14H12F4N2. The summed E-state index contributed by atoms with van der Waals surface area (Å²) in [6, 6.07) is 3.81. The monoisotopic (exact) mass is 284 g/mol. The fourth-order valence-corrected chi connectivity index (χ4v) is 1.98. The van der Waals surface area contributed by atoms with E-state index in [0.29, 0.717) is 16.7 Å². The Bertz CT molecular complexity index is 623. The van der Waals surface area contributed by atoms with Crippen molar-refractivity contribution in [3.8, 4) is 0 Å². The van der Waals surface area contributed by atoms with E-state index in [0.717, 1.165) is 18.3 Å². The molecule has 0 aliphatic carbocycles. The van der Waals surface area contributed by atoms with E-state index in [-0.39, 0.29) is 0 Å². The standard InChI is InChI=1S/C14H12F4N2/c1-8-4-10(14(16,17)18)2-3-12(8)13(19)9-5-11(15)7-20-6-9/h2-7,13H,19H2,1H3. The number of nitrogens with zero attached hydrogens (tertiary/aromatic N) is 1. The minimum Gasteiger partial charge on any atom is -0.320 e. The average Bonchev–Trinajstić information content (AvgIpc) is 2.36. The van der Waals surface area contributed by atoms with Gasteiger partial charge in [0, 0.05) is 6.20 Å². The molecule has 20 heavy (non-hydrogen) atoms. The number of alkyl halides is 3. The second-order valence-electron chi connectivity index (χ2n) is 4.48. The molecule has 2 nitrogen and oxygen atoms in total. The summed E-state index contributed by atoms with van der Waals surface area (Å²) in [6.07, 6.45) is -1.96. The van der Waals surface area contributed by atoms with E-state index < -0.39 is 23.6 Å². The Hall–Kier alpha value is -1.95. The van der Waals surface area contributed by atoms with E-state index in [1.807, 2.05) is 0 Å². The normalized spacial score (nSPS) is 13.3. The van der Waals surface area contributed by atoms with Gasteiger partial charge in [0.05, 0.1) is 17.8 Å². The van der Waals surface area contributed by atoms with E-state index >= 15 is 0 Å². The zero-order valence-corrected chi connectivity index (χ0v) is 10.6. The van der Waals surface area contributed by atoms with Crippen molar-refractivity contribution in [2.75, 3.05) is 0 Å². The van der Waals surface area contributed by atoms with Crippen LogP contribution in [-0.4, -0.2) is 4.98 Å². The minimum atomic E-state index is -4.40. The van der Waals surface area contributed by atoms with E-state index in [9.17, 15) is 17.6 Å². The highest BCUT2D eigenvalue weighted by atomic mass is 19.4. The molecule has 1 atom stereocenters. The maximum absolute atomic E-state index is 13.1. The molecular weight excluding hydrogens is 272 g/mol. The van der Waals surface area contributed by atoms with Crippen LogP contribution in [0.3, 0.4) is 0 Å². The Morgan fingerprint density at radius 1 is 1.15 bits per heavy atom. The molecule has 0 saturated carbocycles. The lowest BCUT2D eigenvalue weighted by Crippen LogP contribution is -2.15. The Kier molecular flexibility index (Phi) is 3.76. The van der Waals surface area contributed by atoms with E-state index in [1.165, 1.54) is 25.3 Å². The molecule has 1 unspecified atom stereocenters.